The molecule has 1 atom stereocenters. The van der Waals surface area contributed by atoms with Gasteiger partial charge in [-0.25, -0.2) is 0 Å². The minimum Gasteiger partial charge on any atom is -0.353 e. The Hall–Kier alpha value is -1.07. The van der Waals surface area contributed by atoms with Crippen molar-refractivity contribution in [3.63, 3.8) is 0 Å². The number of aromatic nitrogens is 2. The molecule has 1 aromatic heterocycles. The fourth-order valence-electron chi connectivity index (χ4n) is 3.17. The molecule has 1 aliphatic heterocycles. The summed E-state index contributed by atoms with van der Waals surface area (Å²) in [6, 6.07) is 0.513. The van der Waals surface area contributed by atoms with Gasteiger partial charge in [0.1, 0.15) is 5.82 Å². The Bertz CT molecular complexity index is 426. The van der Waals surface area contributed by atoms with Gasteiger partial charge in [-0.1, -0.05) is 0 Å². The molecule has 5 heteroatoms. The van der Waals surface area contributed by atoms with Gasteiger partial charge < -0.3 is 15.5 Å². The highest BCUT2D eigenvalue weighted by Crippen LogP contribution is 2.26. The van der Waals surface area contributed by atoms with Crippen molar-refractivity contribution in [3.8, 4) is 0 Å². The lowest BCUT2D eigenvalue weighted by Gasteiger charge is -2.31. The van der Waals surface area contributed by atoms with E-state index in [1.807, 2.05) is 11.7 Å². The predicted octanol–water partition coefficient (Wildman–Crippen LogP) is 0.760. The summed E-state index contributed by atoms with van der Waals surface area (Å²) in [5, 5.41) is 4.59. The van der Waals surface area contributed by atoms with Crippen molar-refractivity contribution in [2.75, 3.05) is 38.1 Å². The first-order valence-corrected chi connectivity index (χ1v) is 7.22. The van der Waals surface area contributed by atoms with Crippen molar-refractivity contribution < 1.29 is 0 Å². The molecule has 2 N–H and O–H groups in total. The highest BCUT2D eigenvalue weighted by molar-refractivity contribution is 5.51. The Morgan fingerprint density at radius 2 is 2.05 bits per heavy atom. The van der Waals surface area contributed by atoms with Crippen LogP contribution < -0.4 is 10.6 Å². The Labute approximate surface area is 116 Å². The number of aryl methyl sites for hydroxylation is 2. The summed E-state index contributed by atoms with van der Waals surface area (Å²) in [6.07, 6.45) is 2.11. The van der Waals surface area contributed by atoms with Crippen molar-refractivity contribution in [2.45, 2.75) is 32.7 Å². The molecule has 2 heterocycles. The van der Waals surface area contributed by atoms with E-state index in [2.05, 4.69) is 35.8 Å². The number of rotatable bonds is 3. The second-order valence-corrected chi connectivity index (χ2v) is 5.71. The van der Waals surface area contributed by atoms with Crippen LogP contribution in [0.1, 0.15) is 24.6 Å². The maximum Gasteiger partial charge on any atom is 0.130 e. The molecule has 1 fully saturated rings. The van der Waals surface area contributed by atoms with E-state index in [0.29, 0.717) is 12.6 Å². The first kappa shape index (κ1) is 14.3. The zero-order chi connectivity index (χ0) is 14.0. The number of anilines is 1. The van der Waals surface area contributed by atoms with Gasteiger partial charge in [0.25, 0.3) is 0 Å². The summed E-state index contributed by atoms with van der Waals surface area (Å²) in [7, 11) is 4.25. The van der Waals surface area contributed by atoms with Crippen LogP contribution in [-0.2, 0) is 13.5 Å². The fraction of sp³-hybridized carbons (Fsp3) is 0.786. The Kier molecular flexibility index (Phi) is 4.47. The molecule has 2 rings (SSSR count). The summed E-state index contributed by atoms with van der Waals surface area (Å²) >= 11 is 0. The van der Waals surface area contributed by atoms with Crippen LogP contribution in [-0.4, -0.2) is 53.9 Å². The number of likely N-dealkylation sites (N-methyl/N-ethyl adjacent to an activating group) is 1. The number of hydrogen-bond donors (Lipinski definition) is 1. The van der Waals surface area contributed by atoms with Gasteiger partial charge in [0, 0.05) is 31.7 Å². The van der Waals surface area contributed by atoms with Crippen LogP contribution in [0.2, 0.25) is 0 Å². The van der Waals surface area contributed by atoms with Gasteiger partial charge in [0.2, 0.25) is 0 Å². The van der Waals surface area contributed by atoms with Crippen LogP contribution >= 0.6 is 0 Å². The molecule has 1 unspecified atom stereocenters. The van der Waals surface area contributed by atoms with Gasteiger partial charge in [-0.2, -0.15) is 5.10 Å². The molecule has 0 radical (unpaired) electrons. The quantitative estimate of drug-likeness (QED) is 0.876. The highest BCUT2D eigenvalue weighted by atomic mass is 15.4. The molecule has 108 valence electrons. The predicted molar refractivity (Wildman–Crippen MR) is 79.6 cm³/mol. The SMILES string of the molecule is Cc1nn(C)c(N2CCCN(C)CC2C)c1CCN. The lowest BCUT2D eigenvalue weighted by Crippen LogP contribution is -2.39. The third-order valence-electron chi connectivity index (χ3n) is 4.03. The molecular weight excluding hydrogens is 238 g/mol. The largest absolute Gasteiger partial charge is 0.353 e. The van der Waals surface area contributed by atoms with E-state index >= 15 is 0 Å². The lowest BCUT2D eigenvalue weighted by atomic mass is 10.1. The molecule has 0 aliphatic carbocycles. The summed E-state index contributed by atoms with van der Waals surface area (Å²) in [5.41, 5.74) is 8.20. The van der Waals surface area contributed by atoms with Gasteiger partial charge >= 0.3 is 0 Å². The highest BCUT2D eigenvalue weighted by Gasteiger charge is 2.25. The molecule has 1 aliphatic rings. The van der Waals surface area contributed by atoms with Crippen molar-refractivity contribution in [3.05, 3.63) is 11.3 Å². The number of nitrogens with zero attached hydrogens (tertiary/aromatic N) is 4. The van der Waals surface area contributed by atoms with E-state index in [1.165, 1.54) is 24.3 Å². The Balaban J connectivity index is 2.33. The summed E-state index contributed by atoms with van der Waals surface area (Å²) < 4.78 is 2.03. The van der Waals surface area contributed by atoms with Crippen molar-refractivity contribution >= 4 is 5.82 Å². The normalized spacial score (nSPS) is 21.7. The molecule has 1 saturated heterocycles. The zero-order valence-corrected chi connectivity index (χ0v) is 12.7. The van der Waals surface area contributed by atoms with Crippen molar-refractivity contribution in [1.82, 2.24) is 14.7 Å². The van der Waals surface area contributed by atoms with E-state index in [9.17, 15) is 0 Å². The van der Waals surface area contributed by atoms with Gasteiger partial charge in [-0.3, -0.25) is 4.68 Å². The van der Waals surface area contributed by atoms with Gasteiger partial charge in [0.15, 0.2) is 0 Å². The Morgan fingerprint density at radius 3 is 2.74 bits per heavy atom. The van der Waals surface area contributed by atoms with Crippen molar-refractivity contribution in [2.24, 2.45) is 12.8 Å². The maximum absolute atomic E-state index is 5.76. The molecular formula is C14H27N5. The van der Waals surface area contributed by atoms with E-state index in [1.54, 1.807) is 0 Å². The molecule has 0 spiro atoms. The topological polar surface area (TPSA) is 50.3 Å². The smallest absolute Gasteiger partial charge is 0.130 e. The summed E-state index contributed by atoms with van der Waals surface area (Å²) in [6.45, 7) is 8.44. The standard InChI is InChI=1S/C14H27N5/c1-11-10-17(3)8-5-9-19(11)14-13(6-7-15)12(2)16-18(14)4/h11H,5-10,15H2,1-4H3. The molecule has 0 saturated carbocycles. The second-order valence-electron chi connectivity index (χ2n) is 5.71. The van der Waals surface area contributed by atoms with Crippen LogP contribution in [0.4, 0.5) is 5.82 Å². The average molecular weight is 265 g/mol. The second kappa shape index (κ2) is 5.92. The van der Waals surface area contributed by atoms with Crippen LogP contribution in [0.3, 0.4) is 0 Å². The fourth-order valence-corrected chi connectivity index (χ4v) is 3.17. The van der Waals surface area contributed by atoms with E-state index in [0.717, 1.165) is 25.2 Å². The average Bonchev–Trinajstić information content (AvgIpc) is 2.51. The maximum atomic E-state index is 5.76. The third kappa shape index (κ3) is 2.92. The van der Waals surface area contributed by atoms with Crippen LogP contribution in [0.25, 0.3) is 0 Å². The minimum absolute atomic E-state index is 0.513. The van der Waals surface area contributed by atoms with Gasteiger partial charge in [-0.15, -0.1) is 0 Å². The van der Waals surface area contributed by atoms with Gasteiger partial charge in [-0.05, 0) is 46.8 Å². The van der Waals surface area contributed by atoms with Crippen LogP contribution in [0.5, 0.6) is 0 Å². The molecule has 19 heavy (non-hydrogen) atoms. The molecule has 0 bridgehead atoms. The summed E-state index contributed by atoms with van der Waals surface area (Å²) in [5.74, 6) is 1.27. The third-order valence-corrected chi connectivity index (χ3v) is 4.03. The molecule has 0 aromatic carbocycles. The van der Waals surface area contributed by atoms with E-state index in [4.69, 9.17) is 5.73 Å². The first-order chi connectivity index (χ1) is 9.04. The van der Waals surface area contributed by atoms with E-state index < -0.39 is 0 Å². The molecule has 0 amide bonds. The molecule has 1 aromatic rings. The zero-order valence-electron chi connectivity index (χ0n) is 12.7. The number of nitrogens with two attached hydrogens (primary N) is 1. The van der Waals surface area contributed by atoms with Crippen LogP contribution in [0, 0.1) is 6.92 Å². The van der Waals surface area contributed by atoms with Crippen LogP contribution in [0.15, 0.2) is 0 Å². The van der Waals surface area contributed by atoms with Crippen molar-refractivity contribution in [1.29, 1.82) is 0 Å². The number of hydrogen-bond acceptors (Lipinski definition) is 4. The Morgan fingerprint density at radius 1 is 1.32 bits per heavy atom. The monoisotopic (exact) mass is 265 g/mol. The minimum atomic E-state index is 0.513. The molecule has 5 nitrogen and oxygen atoms in total. The first-order valence-electron chi connectivity index (χ1n) is 7.22. The van der Waals surface area contributed by atoms with Gasteiger partial charge in [0.05, 0.1) is 5.69 Å². The van der Waals surface area contributed by atoms with E-state index in [-0.39, 0.29) is 0 Å². The lowest BCUT2D eigenvalue weighted by molar-refractivity contribution is 0.336. The summed E-state index contributed by atoms with van der Waals surface area (Å²) in [4.78, 5) is 4.92.